The van der Waals surface area contributed by atoms with Crippen LogP contribution in [0.25, 0.3) is 0 Å². The number of carbonyl (C=O) groups is 2. The van der Waals surface area contributed by atoms with E-state index in [4.69, 9.17) is 11.5 Å². The van der Waals surface area contributed by atoms with Gasteiger partial charge in [-0.05, 0) is 50.3 Å². The van der Waals surface area contributed by atoms with E-state index in [1.54, 1.807) is 0 Å². The van der Waals surface area contributed by atoms with E-state index in [9.17, 15) is 9.59 Å². The molecule has 31 heavy (non-hydrogen) atoms. The number of nitrogens with one attached hydrogen (secondary N) is 2. The van der Waals surface area contributed by atoms with Crippen molar-refractivity contribution in [1.29, 1.82) is 0 Å². The molecule has 4 rings (SSSR count). The monoisotopic (exact) mass is 423 g/mol. The molecule has 6 N–H and O–H groups in total. The lowest BCUT2D eigenvalue weighted by atomic mass is 9.81. The van der Waals surface area contributed by atoms with E-state index in [1.807, 2.05) is 36.1 Å². The zero-order valence-corrected chi connectivity index (χ0v) is 17.7. The van der Waals surface area contributed by atoms with Crippen molar-refractivity contribution in [3.63, 3.8) is 0 Å². The summed E-state index contributed by atoms with van der Waals surface area (Å²) in [6.07, 6.45) is 4.69. The quantitative estimate of drug-likeness (QED) is 0.555. The minimum Gasteiger partial charge on any atom is -0.365 e. The van der Waals surface area contributed by atoms with Crippen LogP contribution >= 0.6 is 0 Å². The number of primary amides is 1. The van der Waals surface area contributed by atoms with Crippen molar-refractivity contribution in [2.24, 2.45) is 17.4 Å². The lowest BCUT2D eigenvalue weighted by Crippen LogP contribution is -2.51. The standard InChI is InChI=1S/C22H29N7O2/c1-13-4-2-5-15(10-13)26-20-16(19(24)30)12-25-22(28-20)27-18-7-6-14(11-17(18)23)21(31)29-8-3-9-29/h2,4-5,10,12,14,17-18H,3,6-9,11,23H2,1H3,(H2,24,30)(H2,25,26,27,28)/t14?,17-,18+/m0/s1. The second-order valence-electron chi connectivity index (χ2n) is 8.42. The maximum absolute atomic E-state index is 12.5. The normalized spacial score (nSPS) is 23.0. The molecule has 0 spiro atoms. The Morgan fingerprint density at radius 2 is 2.03 bits per heavy atom. The molecule has 1 aliphatic carbocycles. The molecule has 2 heterocycles. The summed E-state index contributed by atoms with van der Waals surface area (Å²) in [4.78, 5) is 35.0. The van der Waals surface area contributed by atoms with Crippen molar-refractivity contribution in [3.05, 3.63) is 41.6 Å². The van der Waals surface area contributed by atoms with Gasteiger partial charge in [-0.25, -0.2) is 4.98 Å². The molecule has 1 saturated heterocycles. The number of anilines is 3. The van der Waals surface area contributed by atoms with Gasteiger partial charge < -0.3 is 27.0 Å². The smallest absolute Gasteiger partial charge is 0.254 e. The molecule has 9 heteroatoms. The van der Waals surface area contributed by atoms with Crippen molar-refractivity contribution in [2.75, 3.05) is 23.7 Å². The summed E-state index contributed by atoms with van der Waals surface area (Å²) in [5.74, 6) is 0.319. The molecule has 1 aromatic heterocycles. The fourth-order valence-electron chi connectivity index (χ4n) is 4.16. The van der Waals surface area contributed by atoms with Gasteiger partial charge in [0.1, 0.15) is 11.4 Å². The summed E-state index contributed by atoms with van der Waals surface area (Å²) in [6.45, 7) is 3.71. The average Bonchev–Trinajstić information content (AvgIpc) is 2.68. The Balaban J connectivity index is 1.46. The minimum absolute atomic E-state index is 0.00921. The minimum atomic E-state index is -0.608. The first-order chi connectivity index (χ1) is 14.9. The largest absolute Gasteiger partial charge is 0.365 e. The molecular weight excluding hydrogens is 394 g/mol. The predicted molar refractivity (Wildman–Crippen MR) is 119 cm³/mol. The van der Waals surface area contributed by atoms with Crippen molar-refractivity contribution in [2.45, 2.75) is 44.7 Å². The van der Waals surface area contributed by atoms with Crippen LogP contribution in [0.15, 0.2) is 30.5 Å². The molecule has 2 aliphatic rings. The number of nitrogens with two attached hydrogens (primary N) is 2. The fourth-order valence-corrected chi connectivity index (χ4v) is 4.16. The van der Waals surface area contributed by atoms with Crippen LogP contribution in [-0.4, -0.2) is 51.9 Å². The average molecular weight is 424 g/mol. The topological polar surface area (TPSA) is 139 Å². The number of likely N-dealkylation sites (tertiary alicyclic amines) is 1. The summed E-state index contributed by atoms with van der Waals surface area (Å²) < 4.78 is 0. The predicted octanol–water partition coefficient (Wildman–Crippen LogP) is 1.77. The Morgan fingerprint density at radius 3 is 2.68 bits per heavy atom. The number of nitrogens with zero attached hydrogens (tertiary/aromatic N) is 3. The van der Waals surface area contributed by atoms with Crippen LogP contribution in [0.5, 0.6) is 0 Å². The van der Waals surface area contributed by atoms with Crippen LogP contribution in [0.4, 0.5) is 17.5 Å². The van der Waals surface area contributed by atoms with Crippen LogP contribution < -0.4 is 22.1 Å². The third kappa shape index (κ3) is 4.77. The van der Waals surface area contributed by atoms with E-state index in [1.165, 1.54) is 6.20 Å². The second-order valence-corrected chi connectivity index (χ2v) is 8.42. The maximum Gasteiger partial charge on any atom is 0.254 e. The van der Waals surface area contributed by atoms with Gasteiger partial charge in [-0.3, -0.25) is 9.59 Å². The first-order valence-corrected chi connectivity index (χ1v) is 10.7. The van der Waals surface area contributed by atoms with Crippen LogP contribution in [0.2, 0.25) is 0 Å². The lowest BCUT2D eigenvalue weighted by Gasteiger charge is -2.39. The van der Waals surface area contributed by atoms with Gasteiger partial charge in [0, 0.05) is 43.0 Å². The molecule has 1 unspecified atom stereocenters. The van der Waals surface area contributed by atoms with Gasteiger partial charge in [-0.2, -0.15) is 4.98 Å². The summed E-state index contributed by atoms with van der Waals surface area (Å²) in [6, 6.07) is 7.51. The molecule has 1 saturated carbocycles. The SMILES string of the molecule is Cc1cccc(Nc2nc(N[C@@H]3CCC(C(=O)N4CCC4)C[C@@H]3N)ncc2C(N)=O)c1. The van der Waals surface area contributed by atoms with Crippen molar-refractivity contribution >= 4 is 29.3 Å². The highest BCUT2D eigenvalue weighted by Crippen LogP contribution is 2.29. The number of aromatic nitrogens is 2. The van der Waals surface area contributed by atoms with Gasteiger partial charge >= 0.3 is 0 Å². The van der Waals surface area contributed by atoms with Gasteiger partial charge in [0.25, 0.3) is 5.91 Å². The fraction of sp³-hybridized carbons (Fsp3) is 0.455. The third-order valence-electron chi connectivity index (χ3n) is 6.07. The third-order valence-corrected chi connectivity index (χ3v) is 6.07. The van der Waals surface area contributed by atoms with Gasteiger partial charge in [-0.15, -0.1) is 0 Å². The van der Waals surface area contributed by atoms with Crippen molar-refractivity contribution < 1.29 is 9.59 Å². The number of aryl methyl sites for hydroxylation is 1. The maximum atomic E-state index is 12.5. The number of benzene rings is 1. The number of hydrogen-bond acceptors (Lipinski definition) is 7. The van der Waals surface area contributed by atoms with E-state index < -0.39 is 5.91 Å². The Morgan fingerprint density at radius 1 is 1.23 bits per heavy atom. The van der Waals surface area contributed by atoms with Crippen LogP contribution in [0.1, 0.15) is 41.6 Å². The summed E-state index contributed by atoms with van der Waals surface area (Å²) in [5.41, 5.74) is 14.0. The Hall–Kier alpha value is -3.20. The number of carbonyl (C=O) groups excluding carboxylic acids is 2. The highest BCUT2D eigenvalue weighted by atomic mass is 16.2. The molecule has 2 aromatic rings. The van der Waals surface area contributed by atoms with E-state index in [2.05, 4.69) is 20.6 Å². The van der Waals surface area contributed by atoms with E-state index in [-0.39, 0.29) is 29.5 Å². The van der Waals surface area contributed by atoms with Crippen LogP contribution in [0, 0.1) is 12.8 Å². The molecule has 164 valence electrons. The van der Waals surface area contributed by atoms with Gasteiger partial charge in [0.15, 0.2) is 0 Å². The first kappa shape index (κ1) is 21.0. The molecular formula is C22H29N7O2. The zero-order valence-electron chi connectivity index (χ0n) is 17.7. The molecule has 2 fully saturated rings. The Bertz CT molecular complexity index is 976. The van der Waals surface area contributed by atoms with Crippen molar-refractivity contribution in [3.8, 4) is 0 Å². The number of amides is 2. The van der Waals surface area contributed by atoms with Crippen LogP contribution in [0.3, 0.4) is 0 Å². The van der Waals surface area contributed by atoms with Gasteiger partial charge in [0.2, 0.25) is 11.9 Å². The van der Waals surface area contributed by atoms with E-state index >= 15 is 0 Å². The molecule has 0 bridgehead atoms. The Labute approximate surface area is 181 Å². The second kappa shape index (κ2) is 8.89. The first-order valence-electron chi connectivity index (χ1n) is 10.7. The summed E-state index contributed by atoms with van der Waals surface area (Å²) in [7, 11) is 0. The molecule has 0 radical (unpaired) electrons. The summed E-state index contributed by atoms with van der Waals surface area (Å²) in [5, 5.41) is 6.44. The van der Waals surface area contributed by atoms with E-state index in [0.29, 0.717) is 18.2 Å². The van der Waals surface area contributed by atoms with E-state index in [0.717, 1.165) is 43.6 Å². The summed E-state index contributed by atoms with van der Waals surface area (Å²) >= 11 is 0. The molecule has 3 atom stereocenters. The highest BCUT2D eigenvalue weighted by molar-refractivity contribution is 5.98. The van der Waals surface area contributed by atoms with Crippen molar-refractivity contribution in [1.82, 2.24) is 14.9 Å². The Kier molecular flexibility index (Phi) is 6.03. The molecule has 1 aromatic carbocycles. The zero-order chi connectivity index (χ0) is 22.0. The lowest BCUT2D eigenvalue weighted by molar-refractivity contribution is -0.140. The number of hydrogen-bond donors (Lipinski definition) is 4. The molecule has 9 nitrogen and oxygen atoms in total. The number of rotatable bonds is 6. The van der Waals surface area contributed by atoms with Gasteiger partial charge in [-0.1, -0.05) is 12.1 Å². The highest BCUT2D eigenvalue weighted by Gasteiger charge is 2.35. The molecule has 2 amide bonds. The van der Waals surface area contributed by atoms with Crippen LogP contribution in [-0.2, 0) is 4.79 Å². The molecule has 1 aliphatic heterocycles. The van der Waals surface area contributed by atoms with Gasteiger partial charge in [0.05, 0.1) is 0 Å².